The lowest BCUT2D eigenvalue weighted by Gasteiger charge is -2.18. The normalized spacial score (nSPS) is 12.4. The summed E-state index contributed by atoms with van der Waals surface area (Å²) >= 11 is 1.63. The van der Waals surface area contributed by atoms with Crippen molar-refractivity contribution < 1.29 is 0 Å². The lowest BCUT2D eigenvalue weighted by atomic mass is 10.1. The molecule has 1 heterocycles. The van der Waals surface area contributed by atoms with Crippen molar-refractivity contribution in [3.63, 3.8) is 0 Å². The number of hydrogen-bond donors (Lipinski definition) is 1. The maximum atomic E-state index is 5.80. The highest BCUT2D eigenvalue weighted by Gasteiger charge is 2.04. The third-order valence-electron chi connectivity index (χ3n) is 2.82. The van der Waals surface area contributed by atoms with Crippen LogP contribution in [-0.4, -0.2) is 18.1 Å². The zero-order valence-electron chi connectivity index (χ0n) is 10.8. The molecule has 0 radical (unpaired) electrons. The van der Waals surface area contributed by atoms with E-state index in [1.165, 1.54) is 11.3 Å². The molecule has 1 aromatic heterocycles. The second kappa shape index (κ2) is 5.98. The molecule has 0 amide bonds. The Bertz CT molecular complexity index is 462. The number of thiazole rings is 1. The number of rotatable bonds is 5. The SMILES string of the molecule is CC(N)Cc1ccc(N(C)Cc2cscn2)cc1. The van der Waals surface area contributed by atoms with Gasteiger partial charge >= 0.3 is 0 Å². The van der Waals surface area contributed by atoms with Crippen LogP contribution in [-0.2, 0) is 13.0 Å². The van der Waals surface area contributed by atoms with Crippen molar-refractivity contribution in [2.45, 2.75) is 25.9 Å². The maximum absolute atomic E-state index is 5.80. The lowest BCUT2D eigenvalue weighted by Crippen LogP contribution is -2.18. The Morgan fingerprint density at radius 2 is 2.06 bits per heavy atom. The van der Waals surface area contributed by atoms with Gasteiger partial charge in [0.15, 0.2) is 0 Å². The van der Waals surface area contributed by atoms with E-state index >= 15 is 0 Å². The fourth-order valence-electron chi connectivity index (χ4n) is 1.91. The molecule has 96 valence electrons. The van der Waals surface area contributed by atoms with Crippen LogP contribution in [0.15, 0.2) is 35.2 Å². The summed E-state index contributed by atoms with van der Waals surface area (Å²) < 4.78 is 0. The predicted octanol–water partition coefficient (Wildman–Crippen LogP) is 2.67. The summed E-state index contributed by atoms with van der Waals surface area (Å²) in [6.07, 6.45) is 0.927. The molecule has 0 saturated carbocycles. The Kier molecular flexibility index (Phi) is 4.33. The Hall–Kier alpha value is -1.39. The van der Waals surface area contributed by atoms with Crippen molar-refractivity contribution in [2.75, 3.05) is 11.9 Å². The van der Waals surface area contributed by atoms with E-state index in [0.29, 0.717) is 0 Å². The smallest absolute Gasteiger partial charge is 0.0795 e. The van der Waals surface area contributed by atoms with Crippen LogP contribution >= 0.6 is 11.3 Å². The Morgan fingerprint density at radius 1 is 1.33 bits per heavy atom. The molecule has 0 saturated heterocycles. The molecular formula is C14H19N3S. The molecule has 0 spiro atoms. The zero-order chi connectivity index (χ0) is 13.0. The van der Waals surface area contributed by atoms with Crippen LogP contribution in [0.3, 0.4) is 0 Å². The van der Waals surface area contributed by atoms with E-state index in [-0.39, 0.29) is 6.04 Å². The van der Waals surface area contributed by atoms with Crippen molar-refractivity contribution in [1.82, 2.24) is 4.98 Å². The van der Waals surface area contributed by atoms with Gasteiger partial charge in [-0.1, -0.05) is 12.1 Å². The van der Waals surface area contributed by atoms with E-state index < -0.39 is 0 Å². The maximum Gasteiger partial charge on any atom is 0.0795 e. The molecule has 2 aromatic rings. The molecule has 3 nitrogen and oxygen atoms in total. The topological polar surface area (TPSA) is 42.1 Å². The molecule has 0 aliphatic rings. The van der Waals surface area contributed by atoms with Gasteiger partial charge in [-0.05, 0) is 31.0 Å². The molecule has 4 heteroatoms. The Morgan fingerprint density at radius 3 is 2.61 bits per heavy atom. The molecule has 1 unspecified atom stereocenters. The second-order valence-corrected chi connectivity index (χ2v) is 5.40. The van der Waals surface area contributed by atoms with E-state index in [0.717, 1.165) is 18.7 Å². The number of nitrogens with zero attached hydrogens (tertiary/aromatic N) is 2. The Labute approximate surface area is 112 Å². The number of hydrogen-bond acceptors (Lipinski definition) is 4. The van der Waals surface area contributed by atoms with Gasteiger partial charge in [-0.15, -0.1) is 11.3 Å². The van der Waals surface area contributed by atoms with Gasteiger partial charge in [0.25, 0.3) is 0 Å². The minimum Gasteiger partial charge on any atom is -0.369 e. The first-order chi connectivity index (χ1) is 8.65. The molecular weight excluding hydrogens is 242 g/mol. The quantitative estimate of drug-likeness (QED) is 0.899. The Balaban J connectivity index is 2.00. The van der Waals surface area contributed by atoms with Crippen LogP contribution in [0.5, 0.6) is 0 Å². The van der Waals surface area contributed by atoms with Gasteiger partial charge in [-0.2, -0.15) is 0 Å². The molecule has 2 rings (SSSR count). The van der Waals surface area contributed by atoms with Crippen molar-refractivity contribution in [2.24, 2.45) is 5.73 Å². The molecule has 0 aliphatic heterocycles. The third-order valence-corrected chi connectivity index (χ3v) is 3.45. The van der Waals surface area contributed by atoms with Crippen molar-refractivity contribution >= 4 is 17.0 Å². The largest absolute Gasteiger partial charge is 0.369 e. The van der Waals surface area contributed by atoms with E-state index in [4.69, 9.17) is 5.73 Å². The number of nitrogens with two attached hydrogens (primary N) is 1. The highest BCUT2D eigenvalue weighted by molar-refractivity contribution is 7.07. The summed E-state index contributed by atoms with van der Waals surface area (Å²) in [4.78, 5) is 6.50. The average molecular weight is 261 g/mol. The van der Waals surface area contributed by atoms with Crippen LogP contribution < -0.4 is 10.6 Å². The number of benzene rings is 1. The van der Waals surface area contributed by atoms with Gasteiger partial charge < -0.3 is 10.6 Å². The predicted molar refractivity (Wildman–Crippen MR) is 78.0 cm³/mol. The second-order valence-electron chi connectivity index (χ2n) is 4.68. The third kappa shape index (κ3) is 3.55. The van der Waals surface area contributed by atoms with Gasteiger partial charge in [0, 0.05) is 24.2 Å². The fraction of sp³-hybridized carbons (Fsp3) is 0.357. The van der Waals surface area contributed by atoms with Gasteiger partial charge in [0.1, 0.15) is 0 Å². The highest BCUT2D eigenvalue weighted by Crippen LogP contribution is 2.17. The first-order valence-corrected chi connectivity index (χ1v) is 7.02. The van der Waals surface area contributed by atoms with Gasteiger partial charge in [0.05, 0.1) is 17.7 Å². The molecule has 18 heavy (non-hydrogen) atoms. The monoisotopic (exact) mass is 261 g/mol. The number of anilines is 1. The molecule has 1 aromatic carbocycles. The van der Waals surface area contributed by atoms with Crippen molar-refractivity contribution in [3.8, 4) is 0 Å². The van der Waals surface area contributed by atoms with E-state index in [2.05, 4.69) is 46.6 Å². The summed E-state index contributed by atoms with van der Waals surface area (Å²) in [6.45, 7) is 2.87. The van der Waals surface area contributed by atoms with E-state index in [1.807, 2.05) is 12.4 Å². The minimum atomic E-state index is 0.212. The van der Waals surface area contributed by atoms with Crippen LogP contribution in [0, 0.1) is 0 Å². The van der Waals surface area contributed by atoms with E-state index in [9.17, 15) is 0 Å². The van der Waals surface area contributed by atoms with Crippen LogP contribution in [0.25, 0.3) is 0 Å². The highest BCUT2D eigenvalue weighted by atomic mass is 32.1. The summed E-state index contributed by atoms with van der Waals surface area (Å²) in [5.74, 6) is 0. The van der Waals surface area contributed by atoms with Crippen molar-refractivity contribution in [3.05, 3.63) is 46.4 Å². The van der Waals surface area contributed by atoms with Crippen molar-refractivity contribution in [1.29, 1.82) is 0 Å². The molecule has 0 bridgehead atoms. The average Bonchev–Trinajstić information content (AvgIpc) is 2.82. The fourth-order valence-corrected chi connectivity index (χ4v) is 2.46. The first kappa shape index (κ1) is 13.1. The van der Waals surface area contributed by atoms with Gasteiger partial charge in [-0.3, -0.25) is 0 Å². The van der Waals surface area contributed by atoms with Crippen LogP contribution in [0.1, 0.15) is 18.2 Å². The minimum absolute atomic E-state index is 0.212. The number of aromatic nitrogens is 1. The summed E-state index contributed by atoms with van der Waals surface area (Å²) in [7, 11) is 2.08. The molecule has 2 N–H and O–H groups in total. The molecule has 0 aliphatic carbocycles. The summed E-state index contributed by atoms with van der Waals surface area (Å²) in [5.41, 5.74) is 11.3. The van der Waals surface area contributed by atoms with Crippen LogP contribution in [0.2, 0.25) is 0 Å². The first-order valence-electron chi connectivity index (χ1n) is 6.08. The summed E-state index contributed by atoms with van der Waals surface area (Å²) in [6, 6.07) is 8.80. The van der Waals surface area contributed by atoms with Gasteiger partial charge in [-0.25, -0.2) is 4.98 Å². The standard InChI is InChI=1S/C14H19N3S/c1-11(15)7-12-3-5-14(6-4-12)17(2)8-13-9-18-10-16-13/h3-6,9-11H,7-8,15H2,1-2H3. The molecule has 0 fully saturated rings. The van der Waals surface area contributed by atoms with Gasteiger partial charge in [0.2, 0.25) is 0 Å². The zero-order valence-corrected chi connectivity index (χ0v) is 11.7. The molecule has 1 atom stereocenters. The van der Waals surface area contributed by atoms with Crippen LogP contribution in [0.4, 0.5) is 5.69 Å². The van der Waals surface area contributed by atoms with E-state index in [1.54, 1.807) is 11.3 Å². The summed E-state index contributed by atoms with van der Waals surface area (Å²) in [5, 5.41) is 2.08. The lowest BCUT2D eigenvalue weighted by molar-refractivity contribution is 0.738.